The van der Waals surface area contributed by atoms with Gasteiger partial charge in [-0.05, 0) is 54.2 Å². The molecule has 2 aromatic heterocycles. The third-order valence-corrected chi connectivity index (χ3v) is 9.62. The number of aromatic nitrogens is 3. The third kappa shape index (κ3) is 7.80. The van der Waals surface area contributed by atoms with Crippen LogP contribution in [-0.4, -0.2) is 66.3 Å². The molecule has 0 aliphatic rings. The summed E-state index contributed by atoms with van der Waals surface area (Å²) >= 11 is 1.28. The van der Waals surface area contributed by atoms with E-state index in [0.29, 0.717) is 10.8 Å². The number of methoxy groups -OCH3 is 2. The Bertz CT molecular complexity index is 1740. The zero-order valence-electron chi connectivity index (χ0n) is 26.4. The lowest BCUT2D eigenvalue weighted by Crippen LogP contribution is -2.63. The second kappa shape index (κ2) is 14.5. The summed E-state index contributed by atoms with van der Waals surface area (Å²) < 4.78 is 56.2. The van der Waals surface area contributed by atoms with E-state index in [0.717, 1.165) is 17.7 Å². The lowest BCUT2D eigenvalue weighted by Gasteiger charge is -2.42. The molecule has 4 aromatic rings. The molecule has 0 fully saturated rings. The zero-order valence-corrected chi connectivity index (χ0v) is 28.0. The summed E-state index contributed by atoms with van der Waals surface area (Å²) in [6.45, 7) is 5.91. The van der Waals surface area contributed by atoms with E-state index in [9.17, 15) is 22.4 Å². The molecule has 46 heavy (non-hydrogen) atoms. The molecule has 0 aliphatic heterocycles. The van der Waals surface area contributed by atoms with Gasteiger partial charge in [-0.15, -0.1) is 11.3 Å². The highest BCUT2D eigenvalue weighted by Gasteiger charge is 2.49. The van der Waals surface area contributed by atoms with Gasteiger partial charge in [0.2, 0.25) is 0 Å². The van der Waals surface area contributed by atoms with Gasteiger partial charge in [0.1, 0.15) is 27.0 Å². The highest BCUT2D eigenvalue weighted by molar-refractivity contribution is 7.90. The van der Waals surface area contributed by atoms with E-state index >= 15 is 0 Å². The topological polar surface area (TPSA) is 133 Å². The number of hydrogen-bond donors (Lipinski definition) is 1. The normalized spacial score (nSPS) is 13.2. The molecular weight excluding hydrogens is 634 g/mol. The number of carbonyl (C=O) groups excluding carboxylic acids is 2. The Hall–Kier alpha value is -4.14. The van der Waals surface area contributed by atoms with E-state index in [1.54, 1.807) is 42.0 Å². The van der Waals surface area contributed by atoms with E-state index in [2.05, 4.69) is 14.8 Å². The molecule has 1 atom stereocenters. The Morgan fingerprint density at radius 3 is 2.46 bits per heavy atom. The van der Waals surface area contributed by atoms with Crippen molar-refractivity contribution in [3.8, 4) is 5.75 Å². The van der Waals surface area contributed by atoms with Gasteiger partial charge >= 0.3 is 0 Å². The van der Waals surface area contributed by atoms with Crippen LogP contribution in [0.15, 0.2) is 77.4 Å². The van der Waals surface area contributed by atoms with E-state index in [-0.39, 0.29) is 43.5 Å². The number of halogens is 1. The van der Waals surface area contributed by atoms with Crippen LogP contribution >= 0.6 is 11.3 Å². The minimum Gasteiger partial charge on any atom is -0.496 e. The highest BCUT2D eigenvalue weighted by Crippen LogP contribution is 2.35. The minimum absolute atomic E-state index is 0.0341. The monoisotopic (exact) mass is 671 g/mol. The molecule has 1 unspecified atom stereocenters. The van der Waals surface area contributed by atoms with E-state index in [1.165, 1.54) is 53.5 Å². The van der Waals surface area contributed by atoms with Gasteiger partial charge in [0, 0.05) is 43.3 Å². The Morgan fingerprint density at radius 2 is 1.85 bits per heavy atom. The van der Waals surface area contributed by atoms with Gasteiger partial charge in [0.05, 0.1) is 20.2 Å². The van der Waals surface area contributed by atoms with Crippen LogP contribution in [0.3, 0.4) is 0 Å². The van der Waals surface area contributed by atoms with Crippen LogP contribution in [0.25, 0.3) is 0 Å². The molecule has 0 saturated carbocycles. The Labute approximate surface area is 272 Å². The number of rotatable bonds is 14. The van der Waals surface area contributed by atoms with Crippen molar-refractivity contribution in [1.82, 2.24) is 24.4 Å². The second-order valence-electron chi connectivity index (χ2n) is 11.7. The number of hydrogen-bond acceptors (Lipinski definition) is 9. The molecule has 4 rings (SSSR count). The van der Waals surface area contributed by atoms with Crippen LogP contribution < -0.4 is 9.46 Å². The Morgan fingerprint density at radius 1 is 1.09 bits per heavy atom. The molecule has 0 saturated heterocycles. The lowest BCUT2D eigenvalue weighted by molar-refractivity contribution is -0.132. The number of thiazole rings is 1. The van der Waals surface area contributed by atoms with Crippen LogP contribution in [0, 0.1) is 5.82 Å². The first kappa shape index (κ1) is 34.7. The molecule has 14 heteroatoms. The zero-order chi connectivity index (χ0) is 33.5. The molecule has 0 spiro atoms. The van der Waals surface area contributed by atoms with E-state index in [1.807, 2.05) is 20.8 Å². The number of ether oxygens (including phenoxy) is 2. The van der Waals surface area contributed by atoms with Crippen molar-refractivity contribution < 1.29 is 31.9 Å². The summed E-state index contributed by atoms with van der Waals surface area (Å²) in [5.74, 6) is -2.15. The summed E-state index contributed by atoms with van der Waals surface area (Å²) in [4.78, 5) is 34.3. The molecule has 11 nitrogen and oxygen atoms in total. The van der Waals surface area contributed by atoms with Crippen molar-refractivity contribution in [2.45, 2.75) is 62.6 Å². The van der Waals surface area contributed by atoms with Gasteiger partial charge in [-0.1, -0.05) is 39.0 Å². The summed E-state index contributed by atoms with van der Waals surface area (Å²) in [7, 11) is -1.69. The molecule has 0 aliphatic carbocycles. The van der Waals surface area contributed by atoms with Crippen molar-refractivity contribution >= 4 is 33.2 Å². The first-order valence-corrected chi connectivity index (χ1v) is 16.9. The van der Waals surface area contributed by atoms with Gasteiger partial charge in [-0.25, -0.2) is 22.5 Å². The fraction of sp³-hybridized carbons (Fsp3) is 0.375. The largest absolute Gasteiger partial charge is 0.496 e. The predicted molar refractivity (Wildman–Crippen MR) is 171 cm³/mol. The summed E-state index contributed by atoms with van der Waals surface area (Å²) in [6, 6.07) is 11.5. The lowest BCUT2D eigenvalue weighted by atomic mass is 9.85. The molecular formula is C32H38FN5O6S2. The number of nitrogens with one attached hydrogen (secondary N) is 1. The average Bonchev–Trinajstić information content (AvgIpc) is 3.73. The van der Waals surface area contributed by atoms with Gasteiger partial charge in [0.15, 0.2) is 0 Å². The summed E-state index contributed by atoms with van der Waals surface area (Å²) in [6.07, 6.45) is 4.92. The van der Waals surface area contributed by atoms with Gasteiger partial charge in [-0.2, -0.15) is 5.10 Å². The first-order valence-electron chi connectivity index (χ1n) is 14.5. The highest BCUT2D eigenvalue weighted by atomic mass is 32.2. The molecule has 2 heterocycles. The van der Waals surface area contributed by atoms with Gasteiger partial charge < -0.3 is 14.4 Å². The van der Waals surface area contributed by atoms with Gasteiger partial charge in [-0.3, -0.25) is 14.3 Å². The fourth-order valence-corrected chi connectivity index (χ4v) is 6.93. The van der Waals surface area contributed by atoms with Crippen LogP contribution in [0.1, 0.15) is 54.5 Å². The van der Waals surface area contributed by atoms with Gasteiger partial charge in [0.25, 0.3) is 21.8 Å². The maximum atomic E-state index is 14.7. The minimum atomic E-state index is -4.71. The maximum absolute atomic E-state index is 14.7. The number of carbonyl (C=O) groups is 2. The van der Waals surface area contributed by atoms with Crippen LogP contribution in [-0.2, 0) is 38.1 Å². The molecule has 0 radical (unpaired) electrons. The van der Waals surface area contributed by atoms with Crippen LogP contribution in [0.2, 0.25) is 0 Å². The van der Waals surface area contributed by atoms with Crippen molar-refractivity contribution in [2.75, 3.05) is 20.8 Å². The SMILES string of the molecule is COCCCC(Cn1cccn1)(C(=O)NS(=O)(=O)c1ccccc1F)N(Cc1nccs1)C(=O)c1ccc(C(C)(C)C)c(OC)c1. The predicted octanol–water partition coefficient (Wildman–Crippen LogP) is 4.80. The Balaban J connectivity index is 1.92. The Kier molecular flexibility index (Phi) is 11.0. The number of amides is 2. The smallest absolute Gasteiger partial charge is 0.267 e. The van der Waals surface area contributed by atoms with Crippen LogP contribution in [0.4, 0.5) is 4.39 Å². The van der Waals surface area contributed by atoms with Crippen molar-refractivity contribution in [2.24, 2.45) is 0 Å². The van der Waals surface area contributed by atoms with Crippen molar-refractivity contribution in [1.29, 1.82) is 0 Å². The number of sulfonamides is 1. The fourth-order valence-electron chi connectivity index (χ4n) is 5.20. The summed E-state index contributed by atoms with van der Waals surface area (Å²) in [5, 5.41) is 6.53. The molecule has 2 aromatic carbocycles. The maximum Gasteiger partial charge on any atom is 0.267 e. The standard InChI is InChI=1S/C32H38FN5O6S2/c1-31(2,3)24-13-12-23(20-26(24)44-5)29(39)38(21-28-34-16-19-45-28)32(14-8-18-43-4,22-37-17-9-15-35-37)30(40)36-46(41,42)27-11-7-6-10-25(27)33/h6-7,9-13,15-17,19-20H,8,14,18,21-22H2,1-5H3,(H,36,40). The average molecular weight is 672 g/mol. The number of nitrogens with zero attached hydrogens (tertiary/aromatic N) is 4. The van der Waals surface area contributed by atoms with Crippen LogP contribution in [0.5, 0.6) is 5.75 Å². The van der Waals surface area contributed by atoms with E-state index in [4.69, 9.17) is 9.47 Å². The molecule has 1 N–H and O–H groups in total. The third-order valence-electron chi connectivity index (χ3n) is 7.49. The quantitative estimate of drug-likeness (QED) is 0.189. The molecule has 246 valence electrons. The van der Waals surface area contributed by atoms with Crippen molar-refractivity contribution in [3.05, 3.63) is 94.5 Å². The van der Waals surface area contributed by atoms with Crippen molar-refractivity contribution in [3.63, 3.8) is 0 Å². The molecule has 0 bridgehead atoms. The first-order chi connectivity index (χ1) is 21.8. The van der Waals surface area contributed by atoms with E-state index < -0.39 is 38.1 Å². The summed E-state index contributed by atoms with van der Waals surface area (Å²) in [5.41, 5.74) is -1.09. The second-order valence-corrected chi connectivity index (χ2v) is 14.3. The number of benzene rings is 2. The molecule has 2 amide bonds.